The molecule has 0 radical (unpaired) electrons. The molecular weight excluding hydrogens is 285 g/mol. The molecule has 1 unspecified atom stereocenters. The van der Waals surface area contributed by atoms with E-state index in [0.717, 1.165) is 23.9 Å². The quantitative estimate of drug-likeness (QED) is 0.899. The van der Waals surface area contributed by atoms with Gasteiger partial charge >= 0.3 is 6.18 Å². The predicted molar refractivity (Wildman–Crippen MR) is 69.9 cm³/mol. The second-order valence-corrected chi connectivity index (χ2v) is 5.02. The minimum absolute atomic E-state index is 0.0744. The summed E-state index contributed by atoms with van der Waals surface area (Å²) >= 11 is 0. The van der Waals surface area contributed by atoms with Crippen LogP contribution in [-0.2, 0) is 6.18 Å². The third-order valence-corrected chi connectivity index (χ3v) is 3.48. The first-order valence-corrected chi connectivity index (χ1v) is 6.81. The molecule has 1 aliphatic heterocycles. The minimum atomic E-state index is -4.57. The van der Waals surface area contributed by atoms with Crippen molar-refractivity contribution in [2.45, 2.75) is 31.5 Å². The molecule has 0 spiro atoms. The van der Waals surface area contributed by atoms with Crippen LogP contribution in [0.2, 0.25) is 0 Å². The highest BCUT2D eigenvalue weighted by atomic mass is 19.4. The molecule has 21 heavy (non-hydrogen) atoms. The van der Waals surface area contributed by atoms with Crippen LogP contribution in [-0.4, -0.2) is 38.9 Å². The molecule has 2 N–H and O–H groups in total. The second kappa shape index (κ2) is 5.47. The second-order valence-electron chi connectivity index (χ2n) is 5.02. The number of halogens is 3. The van der Waals surface area contributed by atoms with Crippen LogP contribution in [0.3, 0.4) is 0 Å². The van der Waals surface area contributed by atoms with E-state index in [-0.39, 0.29) is 5.65 Å². The molecule has 3 heterocycles. The number of aromatic nitrogens is 4. The fourth-order valence-electron chi connectivity index (χ4n) is 2.44. The normalized spacial score (nSPS) is 19.3. The van der Waals surface area contributed by atoms with Crippen molar-refractivity contribution in [2.24, 2.45) is 0 Å². The Morgan fingerprint density at radius 2 is 2.19 bits per heavy atom. The number of hydrogen-bond donors (Lipinski definition) is 2. The lowest BCUT2D eigenvalue weighted by molar-refractivity contribution is -0.146. The Hall–Kier alpha value is -1.90. The fourth-order valence-corrected chi connectivity index (χ4v) is 2.44. The van der Waals surface area contributed by atoms with E-state index < -0.39 is 12.0 Å². The Kier molecular flexibility index (Phi) is 3.66. The molecule has 1 aliphatic rings. The monoisotopic (exact) mass is 300 g/mol. The molecule has 1 atom stereocenters. The number of fused-ring (bicyclic) bond motifs is 1. The number of nitrogens with zero attached hydrogens (tertiary/aromatic N) is 4. The van der Waals surface area contributed by atoms with Gasteiger partial charge in [-0.1, -0.05) is 0 Å². The molecule has 0 saturated carbocycles. The van der Waals surface area contributed by atoms with Crippen LogP contribution in [0.1, 0.15) is 25.1 Å². The van der Waals surface area contributed by atoms with Crippen LogP contribution in [0.5, 0.6) is 0 Å². The number of rotatable bonds is 4. The molecule has 2 aromatic heterocycles. The first kappa shape index (κ1) is 14.1. The number of alkyl halides is 3. The molecule has 3 rings (SSSR count). The van der Waals surface area contributed by atoms with Crippen LogP contribution < -0.4 is 10.6 Å². The van der Waals surface area contributed by atoms with Crippen molar-refractivity contribution in [1.29, 1.82) is 0 Å². The topological polar surface area (TPSA) is 67.1 Å². The van der Waals surface area contributed by atoms with E-state index >= 15 is 0 Å². The van der Waals surface area contributed by atoms with Gasteiger partial charge in [0.25, 0.3) is 5.82 Å². The molecule has 9 heteroatoms. The summed E-state index contributed by atoms with van der Waals surface area (Å²) in [5.41, 5.74) is 0.0744. The Morgan fingerprint density at radius 1 is 1.33 bits per heavy atom. The van der Waals surface area contributed by atoms with Crippen molar-refractivity contribution in [3.05, 3.63) is 18.0 Å². The summed E-state index contributed by atoms with van der Waals surface area (Å²) in [6.07, 6.45) is -1.35. The van der Waals surface area contributed by atoms with Crippen molar-refractivity contribution < 1.29 is 13.2 Å². The third kappa shape index (κ3) is 3.07. The number of hydrogen-bond acceptors (Lipinski definition) is 5. The van der Waals surface area contributed by atoms with Crippen molar-refractivity contribution in [3.8, 4) is 0 Å². The van der Waals surface area contributed by atoms with Crippen molar-refractivity contribution in [1.82, 2.24) is 25.1 Å². The zero-order valence-corrected chi connectivity index (χ0v) is 11.2. The molecule has 0 aromatic carbocycles. The van der Waals surface area contributed by atoms with Crippen LogP contribution in [0, 0.1) is 0 Å². The number of nitrogens with one attached hydrogen (secondary N) is 2. The average Bonchev–Trinajstić information content (AvgIpc) is 3.05. The lowest BCUT2D eigenvalue weighted by atomic mass is 10.1. The van der Waals surface area contributed by atoms with E-state index in [2.05, 4.69) is 25.9 Å². The van der Waals surface area contributed by atoms with E-state index in [9.17, 15) is 13.2 Å². The zero-order chi connectivity index (χ0) is 14.9. The standard InChI is InChI=1S/C12H15F3N6/c13-12(14,15)11-19-18-10-4-3-9(20-21(10)11)17-7-5-8-2-1-6-16-8/h3-4,8,16H,1-2,5-7H2,(H,17,20). The van der Waals surface area contributed by atoms with Gasteiger partial charge in [0.05, 0.1) is 0 Å². The molecule has 6 nitrogen and oxygen atoms in total. The lowest BCUT2D eigenvalue weighted by Crippen LogP contribution is -2.24. The predicted octanol–water partition coefficient (Wildman–Crippen LogP) is 1.70. The maximum Gasteiger partial charge on any atom is 0.453 e. The molecule has 0 bridgehead atoms. The highest BCUT2D eigenvalue weighted by molar-refractivity contribution is 5.44. The van der Waals surface area contributed by atoms with E-state index in [1.54, 1.807) is 6.07 Å². The van der Waals surface area contributed by atoms with Gasteiger partial charge in [-0.3, -0.25) is 0 Å². The largest absolute Gasteiger partial charge is 0.453 e. The van der Waals surface area contributed by atoms with Crippen molar-refractivity contribution in [2.75, 3.05) is 18.4 Å². The zero-order valence-electron chi connectivity index (χ0n) is 11.2. The van der Waals surface area contributed by atoms with Gasteiger partial charge in [0, 0.05) is 12.6 Å². The van der Waals surface area contributed by atoms with Gasteiger partial charge in [-0.25, -0.2) is 0 Å². The van der Waals surface area contributed by atoms with Gasteiger partial charge in [0.1, 0.15) is 5.82 Å². The first-order valence-electron chi connectivity index (χ1n) is 6.81. The summed E-state index contributed by atoms with van der Waals surface area (Å²) in [6, 6.07) is 3.54. The highest BCUT2D eigenvalue weighted by Crippen LogP contribution is 2.27. The minimum Gasteiger partial charge on any atom is -0.369 e. The maximum absolute atomic E-state index is 12.7. The third-order valence-electron chi connectivity index (χ3n) is 3.48. The Balaban J connectivity index is 1.70. The molecule has 0 amide bonds. The molecular formula is C12H15F3N6. The Labute approximate surface area is 118 Å². The smallest absolute Gasteiger partial charge is 0.369 e. The van der Waals surface area contributed by atoms with E-state index in [1.165, 1.54) is 12.5 Å². The Bertz CT molecular complexity index is 617. The van der Waals surface area contributed by atoms with Crippen LogP contribution in [0.4, 0.5) is 19.0 Å². The van der Waals surface area contributed by atoms with Crippen LogP contribution >= 0.6 is 0 Å². The van der Waals surface area contributed by atoms with Crippen LogP contribution in [0.15, 0.2) is 12.1 Å². The average molecular weight is 300 g/mol. The van der Waals surface area contributed by atoms with Gasteiger partial charge in [-0.2, -0.15) is 17.7 Å². The molecule has 0 aliphatic carbocycles. The summed E-state index contributed by atoms with van der Waals surface area (Å²) in [5.74, 6) is -0.732. The van der Waals surface area contributed by atoms with E-state index in [0.29, 0.717) is 18.4 Å². The summed E-state index contributed by atoms with van der Waals surface area (Å²) < 4.78 is 39.0. The van der Waals surface area contributed by atoms with Gasteiger partial charge in [-0.05, 0) is 37.9 Å². The first-order chi connectivity index (χ1) is 10.0. The van der Waals surface area contributed by atoms with Gasteiger partial charge in [0.2, 0.25) is 0 Å². The van der Waals surface area contributed by atoms with Gasteiger partial charge in [-0.15, -0.1) is 15.3 Å². The van der Waals surface area contributed by atoms with E-state index in [4.69, 9.17) is 0 Å². The van der Waals surface area contributed by atoms with Gasteiger partial charge < -0.3 is 10.6 Å². The van der Waals surface area contributed by atoms with Crippen molar-refractivity contribution in [3.63, 3.8) is 0 Å². The fraction of sp³-hybridized carbons (Fsp3) is 0.583. The summed E-state index contributed by atoms with van der Waals surface area (Å²) in [7, 11) is 0. The van der Waals surface area contributed by atoms with Gasteiger partial charge in [0.15, 0.2) is 5.65 Å². The molecule has 114 valence electrons. The summed E-state index contributed by atoms with van der Waals surface area (Å²) in [4.78, 5) is 0. The summed E-state index contributed by atoms with van der Waals surface area (Å²) in [6.45, 7) is 1.68. The Morgan fingerprint density at radius 3 is 2.90 bits per heavy atom. The summed E-state index contributed by atoms with van der Waals surface area (Å²) in [5, 5.41) is 16.9. The molecule has 1 fully saturated rings. The SMILES string of the molecule is FC(F)(F)c1nnc2ccc(NCCC3CCCN3)nn12. The van der Waals surface area contributed by atoms with E-state index in [1.807, 2.05) is 0 Å². The number of anilines is 1. The highest BCUT2D eigenvalue weighted by Gasteiger charge is 2.37. The molecule has 1 saturated heterocycles. The molecule has 2 aromatic rings. The lowest BCUT2D eigenvalue weighted by Gasteiger charge is -2.11. The van der Waals surface area contributed by atoms with Crippen LogP contribution in [0.25, 0.3) is 5.65 Å². The maximum atomic E-state index is 12.7. The van der Waals surface area contributed by atoms with Crippen molar-refractivity contribution >= 4 is 11.5 Å².